The van der Waals surface area contributed by atoms with Gasteiger partial charge in [-0.3, -0.25) is 9.42 Å². The Kier molecular flexibility index (Phi) is 9.17. The highest BCUT2D eigenvalue weighted by atomic mass is 79.9. The van der Waals surface area contributed by atoms with Gasteiger partial charge in [0.15, 0.2) is 17.3 Å². The van der Waals surface area contributed by atoms with E-state index < -0.39 is 20.7 Å². The Labute approximate surface area is 232 Å². The summed E-state index contributed by atoms with van der Waals surface area (Å²) < 4.78 is 52.6. The molecule has 1 aromatic heterocycles. The molecule has 39 heavy (non-hydrogen) atoms. The van der Waals surface area contributed by atoms with E-state index in [0.717, 1.165) is 0 Å². The normalized spacial score (nSPS) is 11.2. The van der Waals surface area contributed by atoms with Crippen molar-refractivity contribution in [1.82, 2.24) is 5.16 Å². The minimum absolute atomic E-state index is 0.0393. The van der Waals surface area contributed by atoms with Crippen molar-refractivity contribution in [2.75, 3.05) is 33.5 Å². The molecule has 0 aliphatic rings. The first-order valence-corrected chi connectivity index (χ1v) is 13.8. The summed E-state index contributed by atoms with van der Waals surface area (Å²) in [6, 6.07) is 19.4. The zero-order valence-electron chi connectivity index (χ0n) is 20.6. The molecule has 204 valence electrons. The number of benzene rings is 3. The summed E-state index contributed by atoms with van der Waals surface area (Å²) in [6.45, 7) is 0.201. The van der Waals surface area contributed by atoms with Gasteiger partial charge in [0.2, 0.25) is 0 Å². The largest absolute Gasteiger partial charge is 0.493 e. The maximum absolute atomic E-state index is 12.9. The van der Waals surface area contributed by atoms with Gasteiger partial charge < -0.3 is 24.2 Å². The second-order valence-corrected chi connectivity index (χ2v) is 10.6. The molecular formula is C26H23BrN2O9S. The first-order chi connectivity index (χ1) is 18.8. The molecule has 0 aliphatic heterocycles. The lowest BCUT2D eigenvalue weighted by atomic mass is 10.0. The average Bonchev–Trinajstić information content (AvgIpc) is 3.33. The molecule has 0 unspecified atom stereocenters. The first-order valence-electron chi connectivity index (χ1n) is 11.5. The van der Waals surface area contributed by atoms with Crippen molar-refractivity contribution >= 4 is 31.6 Å². The zero-order chi connectivity index (χ0) is 27.8. The van der Waals surface area contributed by atoms with Crippen LogP contribution in [0.1, 0.15) is 15.9 Å². The van der Waals surface area contributed by atoms with Crippen LogP contribution in [-0.4, -0.2) is 52.9 Å². The van der Waals surface area contributed by atoms with Crippen LogP contribution in [0.4, 0.5) is 0 Å². The van der Waals surface area contributed by atoms with Crippen LogP contribution in [0.3, 0.4) is 0 Å². The average molecular weight is 619 g/mol. The summed E-state index contributed by atoms with van der Waals surface area (Å²) in [5.74, 6) is 0.175. The molecule has 0 bridgehead atoms. The van der Waals surface area contributed by atoms with Gasteiger partial charge in [-0.15, -0.1) is 0 Å². The summed E-state index contributed by atoms with van der Waals surface area (Å²) >= 11 is 3.39. The molecule has 3 aromatic carbocycles. The van der Waals surface area contributed by atoms with Gasteiger partial charge in [-0.25, -0.2) is 8.42 Å². The summed E-state index contributed by atoms with van der Waals surface area (Å²) in [7, 11) is -2.71. The quantitative estimate of drug-likeness (QED) is 0.124. The van der Waals surface area contributed by atoms with Gasteiger partial charge in [0, 0.05) is 15.6 Å². The van der Waals surface area contributed by atoms with Gasteiger partial charge in [-0.1, -0.05) is 46.3 Å². The molecule has 4 rings (SSSR count). The van der Waals surface area contributed by atoms with E-state index in [-0.39, 0.29) is 42.0 Å². The van der Waals surface area contributed by atoms with Gasteiger partial charge in [-0.2, -0.15) is 0 Å². The fourth-order valence-corrected chi connectivity index (χ4v) is 5.24. The molecule has 0 amide bonds. The third kappa shape index (κ3) is 6.56. The highest BCUT2D eigenvalue weighted by Gasteiger charge is 2.35. The predicted octanol–water partition coefficient (Wildman–Crippen LogP) is 3.62. The molecule has 0 saturated carbocycles. The lowest BCUT2D eigenvalue weighted by molar-refractivity contribution is -0.832. The minimum atomic E-state index is -4.21. The van der Waals surface area contributed by atoms with E-state index in [9.17, 15) is 18.4 Å². The molecular weight excluding hydrogens is 596 g/mol. The molecule has 0 aliphatic carbocycles. The number of carbonyl (C=O) groups is 1. The van der Waals surface area contributed by atoms with Crippen LogP contribution >= 0.6 is 15.9 Å². The molecule has 4 aromatic rings. The van der Waals surface area contributed by atoms with Crippen molar-refractivity contribution in [1.29, 1.82) is 0 Å². The number of ether oxygens (including phenoxy) is 4. The van der Waals surface area contributed by atoms with Crippen molar-refractivity contribution in [3.63, 3.8) is 0 Å². The van der Waals surface area contributed by atoms with E-state index in [1.807, 2.05) is 6.07 Å². The fourth-order valence-electron chi connectivity index (χ4n) is 3.48. The lowest BCUT2D eigenvalue weighted by Crippen LogP contribution is -2.31. The molecule has 0 N–H and O–H groups in total. The number of halogens is 1. The van der Waals surface area contributed by atoms with Crippen molar-refractivity contribution in [2.24, 2.45) is 0 Å². The monoisotopic (exact) mass is 618 g/mol. The number of rotatable bonds is 13. The van der Waals surface area contributed by atoms with Crippen molar-refractivity contribution in [2.45, 2.75) is 9.92 Å². The molecule has 1 heterocycles. The number of ketones is 1. The predicted molar refractivity (Wildman–Crippen MR) is 140 cm³/mol. The van der Waals surface area contributed by atoms with Crippen LogP contribution in [-0.2, 0) is 14.6 Å². The van der Waals surface area contributed by atoms with Gasteiger partial charge >= 0.3 is 10.9 Å². The number of hydrogen-bond donors (Lipinski definition) is 0. The van der Waals surface area contributed by atoms with Crippen LogP contribution in [0.25, 0.3) is 0 Å². The summed E-state index contributed by atoms with van der Waals surface area (Å²) in [6.07, 6.45) is 0. The van der Waals surface area contributed by atoms with E-state index in [4.69, 9.17) is 18.9 Å². The second-order valence-electron chi connectivity index (χ2n) is 7.84. The van der Waals surface area contributed by atoms with Crippen LogP contribution < -0.4 is 19.1 Å². The molecule has 13 heteroatoms. The highest BCUT2D eigenvalue weighted by molar-refractivity contribution is 9.10. The number of nitrogens with zero attached hydrogens (tertiary/aromatic N) is 2. The number of hydrogen-bond acceptors (Lipinski definition) is 10. The maximum atomic E-state index is 12.9. The Hall–Kier alpha value is -3.94. The first kappa shape index (κ1) is 28.1. The summed E-state index contributed by atoms with van der Waals surface area (Å²) in [5.41, 5.74) is 0.947. The maximum Gasteiger partial charge on any atom is 0.415 e. The van der Waals surface area contributed by atoms with Crippen molar-refractivity contribution in [3.8, 4) is 17.4 Å². The summed E-state index contributed by atoms with van der Waals surface area (Å²) in [5, 5.41) is 14.6. The van der Waals surface area contributed by atoms with E-state index >= 15 is 0 Å². The van der Waals surface area contributed by atoms with E-state index in [1.54, 1.807) is 42.5 Å². The topological polar surface area (TPSA) is 141 Å². The smallest absolute Gasteiger partial charge is 0.415 e. The van der Waals surface area contributed by atoms with Crippen LogP contribution in [0.2, 0.25) is 0 Å². The molecule has 0 atom stereocenters. The lowest BCUT2D eigenvalue weighted by Gasteiger charge is -2.13. The Morgan fingerprint density at radius 3 is 2.36 bits per heavy atom. The van der Waals surface area contributed by atoms with Crippen molar-refractivity contribution < 1.29 is 41.7 Å². The third-order valence-corrected chi connectivity index (χ3v) is 7.77. The number of aromatic nitrogens is 2. The van der Waals surface area contributed by atoms with E-state index in [2.05, 4.69) is 25.7 Å². The SMILES string of the molecule is COc1ccc(C(=O)c2ccccc2Br)cc1OCCOCCOc1no[n+]([O-])c1S(=O)(=O)c1ccccc1. The Morgan fingerprint density at radius 1 is 0.949 bits per heavy atom. The van der Waals surface area contributed by atoms with E-state index in [0.29, 0.717) is 27.1 Å². The molecule has 0 spiro atoms. The van der Waals surface area contributed by atoms with Gasteiger partial charge in [-0.05, 0) is 47.4 Å². The highest BCUT2D eigenvalue weighted by Crippen LogP contribution is 2.30. The fraction of sp³-hybridized carbons (Fsp3) is 0.192. The number of sulfone groups is 1. The Bertz CT molecular complexity index is 1540. The number of methoxy groups -OCH3 is 1. The number of carbonyl (C=O) groups excluding carboxylic acids is 1. The van der Waals surface area contributed by atoms with Crippen molar-refractivity contribution in [3.05, 3.63) is 93.6 Å². The Morgan fingerprint density at radius 2 is 1.64 bits per heavy atom. The minimum Gasteiger partial charge on any atom is -0.493 e. The van der Waals surface area contributed by atoms with Gasteiger partial charge in [0.05, 0.1) is 30.4 Å². The zero-order valence-corrected chi connectivity index (χ0v) is 23.0. The van der Waals surface area contributed by atoms with Gasteiger partial charge in [0.25, 0.3) is 9.84 Å². The van der Waals surface area contributed by atoms with E-state index in [1.165, 1.54) is 31.4 Å². The molecule has 0 saturated heterocycles. The standard InChI is InChI=1S/C26H23BrN2O9S/c1-34-22-12-11-18(24(30)20-9-5-6-10-21(20)27)17-23(22)36-15-13-35-14-16-37-25-26(29(31)38-28-25)39(32,33)19-7-3-2-4-8-19/h2-12,17H,13-16H2,1H3. The van der Waals surface area contributed by atoms with Crippen LogP contribution in [0.5, 0.6) is 17.4 Å². The van der Waals surface area contributed by atoms with Crippen LogP contribution in [0, 0.1) is 5.21 Å². The van der Waals surface area contributed by atoms with Crippen LogP contribution in [0.15, 0.2) is 91.8 Å². The third-order valence-electron chi connectivity index (χ3n) is 5.35. The summed E-state index contributed by atoms with van der Waals surface area (Å²) in [4.78, 5) is 12.6. The Balaban J connectivity index is 1.29. The molecule has 0 fully saturated rings. The molecule has 0 radical (unpaired) electrons. The second kappa shape index (κ2) is 12.7. The van der Waals surface area contributed by atoms with Gasteiger partial charge in [0.1, 0.15) is 13.2 Å². The molecule has 11 nitrogen and oxygen atoms in total.